The summed E-state index contributed by atoms with van der Waals surface area (Å²) in [6, 6.07) is 3.70. The first-order valence-electron chi connectivity index (χ1n) is 7.78. The molecule has 1 aliphatic rings. The van der Waals surface area contributed by atoms with Crippen LogP contribution in [-0.4, -0.2) is 46.4 Å². The Morgan fingerprint density at radius 3 is 2.55 bits per heavy atom. The molecule has 6 nitrogen and oxygen atoms in total. The number of esters is 1. The van der Waals surface area contributed by atoms with Crippen molar-refractivity contribution >= 4 is 5.97 Å². The smallest absolute Gasteiger partial charge is 0.347 e. The summed E-state index contributed by atoms with van der Waals surface area (Å²) in [5, 5.41) is 2.07. The molecule has 22 heavy (non-hydrogen) atoms. The zero-order chi connectivity index (χ0) is 16.1. The lowest BCUT2D eigenvalue weighted by molar-refractivity contribution is -0.913. The molecule has 2 rings (SSSR count). The Bertz CT molecular complexity index is 529. The van der Waals surface area contributed by atoms with Crippen molar-refractivity contribution in [3.63, 3.8) is 0 Å². The van der Waals surface area contributed by atoms with E-state index < -0.39 is 0 Å². The molecule has 3 N–H and O–H groups in total. The van der Waals surface area contributed by atoms with Crippen LogP contribution in [0.2, 0.25) is 0 Å². The zero-order valence-corrected chi connectivity index (χ0v) is 13.8. The topological polar surface area (TPSA) is 65.8 Å². The van der Waals surface area contributed by atoms with Crippen LogP contribution >= 0.6 is 0 Å². The molecule has 1 aromatic carbocycles. The van der Waals surface area contributed by atoms with Crippen LogP contribution in [0.15, 0.2) is 12.1 Å². The van der Waals surface area contributed by atoms with Crippen molar-refractivity contribution < 1.29 is 29.2 Å². The maximum Gasteiger partial charge on any atom is 0.347 e. The number of ether oxygens (including phenoxy) is 3. The number of hydrogen-bond acceptors (Lipinski definition) is 4. The molecule has 1 aliphatic heterocycles. The van der Waals surface area contributed by atoms with Gasteiger partial charge in [-0.3, -0.25) is 0 Å². The van der Waals surface area contributed by atoms with Crippen LogP contribution < -0.4 is 19.7 Å². The quantitative estimate of drug-likeness (QED) is 0.627. The van der Waals surface area contributed by atoms with Crippen molar-refractivity contribution in [1.82, 2.24) is 0 Å². The lowest BCUT2D eigenvalue weighted by atomic mass is 10.1. The van der Waals surface area contributed by atoms with Crippen molar-refractivity contribution in [1.29, 1.82) is 0 Å². The predicted octanol–water partition coefficient (Wildman–Crippen LogP) is -0.639. The number of nitrogens with two attached hydrogens (primary N) is 1. The molecule has 1 atom stereocenters. The zero-order valence-electron chi connectivity index (χ0n) is 13.8. The van der Waals surface area contributed by atoms with Crippen molar-refractivity contribution in [2.45, 2.75) is 20.1 Å². The summed E-state index contributed by atoms with van der Waals surface area (Å²) in [4.78, 5) is 13.7. The van der Waals surface area contributed by atoms with Gasteiger partial charge in [0.1, 0.15) is 18.7 Å². The average molecular weight is 310 g/mol. The largest absolute Gasteiger partial charge is 0.493 e. The van der Waals surface area contributed by atoms with Crippen LogP contribution in [0.25, 0.3) is 0 Å². The molecule has 0 aliphatic carbocycles. The number of quaternary nitrogens is 2. The molecular formula is C16H26N2O4+2. The molecule has 0 saturated carbocycles. The predicted molar refractivity (Wildman–Crippen MR) is 81.4 cm³/mol. The van der Waals surface area contributed by atoms with E-state index in [0.29, 0.717) is 17.1 Å². The van der Waals surface area contributed by atoms with E-state index in [2.05, 4.69) is 19.2 Å². The van der Waals surface area contributed by atoms with E-state index in [4.69, 9.17) is 14.2 Å². The third-order valence-electron chi connectivity index (χ3n) is 4.20. The minimum Gasteiger partial charge on any atom is -0.493 e. The number of fused-ring (bicyclic) bond motifs is 1. The fourth-order valence-corrected chi connectivity index (χ4v) is 2.85. The highest BCUT2D eigenvalue weighted by Crippen LogP contribution is 2.39. The second-order valence-corrected chi connectivity index (χ2v) is 5.32. The van der Waals surface area contributed by atoms with Crippen molar-refractivity contribution in [2.24, 2.45) is 0 Å². The van der Waals surface area contributed by atoms with Crippen LogP contribution in [0.1, 0.15) is 36.0 Å². The van der Waals surface area contributed by atoms with Gasteiger partial charge in [-0.2, -0.15) is 0 Å². The summed E-state index contributed by atoms with van der Waals surface area (Å²) in [5.74, 6) is 0.656. The third kappa shape index (κ3) is 3.18. The van der Waals surface area contributed by atoms with Crippen LogP contribution in [0.4, 0.5) is 0 Å². The maximum atomic E-state index is 12.2. The molecule has 0 aromatic heterocycles. The summed E-state index contributed by atoms with van der Waals surface area (Å²) in [6.07, 6.45) is -0.294. The second-order valence-electron chi connectivity index (χ2n) is 5.32. The van der Waals surface area contributed by atoms with Gasteiger partial charge in [0.15, 0.2) is 11.5 Å². The van der Waals surface area contributed by atoms with Crippen molar-refractivity contribution in [3.8, 4) is 11.5 Å². The van der Waals surface area contributed by atoms with Crippen LogP contribution in [0.3, 0.4) is 0 Å². The molecular weight excluding hydrogens is 284 g/mol. The normalized spacial score (nSPS) is 16.6. The van der Waals surface area contributed by atoms with Gasteiger partial charge in [-0.15, -0.1) is 0 Å². The number of nitrogens with one attached hydrogen (secondary N) is 1. The fraction of sp³-hybridized carbons (Fsp3) is 0.562. The highest BCUT2D eigenvalue weighted by molar-refractivity contribution is 5.97. The number of hydrogen-bond donors (Lipinski definition) is 2. The Balaban J connectivity index is 2.12. The molecule has 0 amide bonds. The van der Waals surface area contributed by atoms with E-state index in [1.807, 2.05) is 12.1 Å². The van der Waals surface area contributed by atoms with Gasteiger partial charge in [-0.05, 0) is 26.0 Å². The lowest BCUT2D eigenvalue weighted by Crippen LogP contribution is -3.14. The van der Waals surface area contributed by atoms with E-state index >= 15 is 0 Å². The molecule has 0 unspecified atom stereocenters. The van der Waals surface area contributed by atoms with Crippen molar-refractivity contribution in [3.05, 3.63) is 23.3 Å². The molecule has 0 spiro atoms. The number of rotatable bonds is 8. The monoisotopic (exact) mass is 310 g/mol. The van der Waals surface area contributed by atoms with E-state index in [-0.39, 0.29) is 12.2 Å². The van der Waals surface area contributed by atoms with Gasteiger partial charge in [-0.25, -0.2) is 4.79 Å². The second kappa shape index (κ2) is 7.47. The van der Waals surface area contributed by atoms with Crippen LogP contribution in [-0.2, 0) is 4.74 Å². The molecule has 6 heteroatoms. The minimum atomic E-state index is -0.345. The first-order chi connectivity index (χ1) is 10.7. The number of methoxy groups -OCH3 is 2. The Morgan fingerprint density at radius 2 is 1.95 bits per heavy atom. The number of benzene rings is 1. The Labute approximate surface area is 131 Å². The summed E-state index contributed by atoms with van der Waals surface area (Å²) in [6.45, 7) is 8.53. The molecule has 1 heterocycles. The van der Waals surface area contributed by atoms with Gasteiger partial charge in [0, 0.05) is 0 Å². The number of carbonyl (C=O) groups excluding carboxylic acids is 1. The van der Waals surface area contributed by atoms with E-state index in [0.717, 1.165) is 31.7 Å². The Hall–Kier alpha value is -1.79. The van der Waals surface area contributed by atoms with Gasteiger partial charge in [0.2, 0.25) is 0 Å². The van der Waals surface area contributed by atoms with Gasteiger partial charge < -0.3 is 24.4 Å². The first-order valence-corrected chi connectivity index (χ1v) is 7.78. The maximum absolute atomic E-state index is 12.2. The standard InChI is InChI=1S/C16H24N2O4/c1-5-18(6-2)10-9-17-15-11-7-8-12(20-3)14(21-4)13(11)16(19)22-15/h7-8,15,17H,5-6,9-10H2,1-4H3/p+2/t15-/m0/s1. The minimum absolute atomic E-state index is 0.294. The SMILES string of the molecule is CC[NH+](CC)CC[NH2+][C@H]1OC(=O)c2c1ccc(OC)c2OC. The molecule has 0 fully saturated rings. The Kier molecular flexibility index (Phi) is 5.63. The highest BCUT2D eigenvalue weighted by atomic mass is 16.6. The van der Waals surface area contributed by atoms with Gasteiger partial charge in [0.05, 0.1) is 32.9 Å². The molecule has 1 aromatic rings. The number of likely N-dealkylation sites (N-methyl/N-ethyl adjacent to an activating group) is 1. The van der Waals surface area contributed by atoms with E-state index in [1.165, 1.54) is 12.0 Å². The van der Waals surface area contributed by atoms with Gasteiger partial charge >= 0.3 is 5.97 Å². The molecule has 0 bridgehead atoms. The van der Waals surface area contributed by atoms with Gasteiger partial charge in [0.25, 0.3) is 6.23 Å². The summed E-state index contributed by atoms with van der Waals surface area (Å²) >= 11 is 0. The summed E-state index contributed by atoms with van der Waals surface area (Å²) in [5.41, 5.74) is 1.34. The van der Waals surface area contributed by atoms with Crippen LogP contribution in [0.5, 0.6) is 11.5 Å². The van der Waals surface area contributed by atoms with E-state index in [1.54, 1.807) is 7.11 Å². The lowest BCUT2D eigenvalue weighted by Gasteiger charge is -2.16. The number of cyclic esters (lactones) is 1. The Morgan fingerprint density at radius 1 is 1.23 bits per heavy atom. The van der Waals surface area contributed by atoms with E-state index in [9.17, 15) is 4.79 Å². The molecule has 0 saturated heterocycles. The molecule has 0 radical (unpaired) electrons. The number of carbonyl (C=O) groups is 1. The third-order valence-corrected chi connectivity index (χ3v) is 4.20. The average Bonchev–Trinajstić information content (AvgIpc) is 2.87. The van der Waals surface area contributed by atoms with Crippen molar-refractivity contribution in [2.75, 3.05) is 40.4 Å². The fourth-order valence-electron chi connectivity index (χ4n) is 2.85. The summed E-state index contributed by atoms with van der Waals surface area (Å²) in [7, 11) is 3.09. The summed E-state index contributed by atoms with van der Waals surface area (Å²) < 4.78 is 16.1. The highest BCUT2D eigenvalue weighted by Gasteiger charge is 2.38. The van der Waals surface area contributed by atoms with Crippen LogP contribution in [0, 0.1) is 0 Å². The first kappa shape index (κ1) is 16.6. The molecule has 122 valence electrons. The van der Waals surface area contributed by atoms with Gasteiger partial charge in [-0.1, -0.05) is 0 Å².